The Balaban J connectivity index is 1.49. The van der Waals surface area contributed by atoms with Crippen LogP contribution in [-0.4, -0.2) is 55.3 Å². The van der Waals surface area contributed by atoms with E-state index in [1.54, 1.807) is 41.5 Å². The molecule has 0 atom stereocenters. The predicted octanol–water partition coefficient (Wildman–Crippen LogP) is 6.26. The molecule has 1 aromatic heterocycles. The van der Waals surface area contributed by atoms with Crippen LogP contribution >= 0.6 is 22.9 Å². The molecule has 0 bridgehead atoms. The molecule has 11 heteroatoms. The molecule has 1 N–H and O–H groups in total. The molecule has 0 radical (unpaired) electrons. The van der Waals surface area contributed by atoms with E-state index >= 15 is 0 Å². The third-order valence-corrected chi connectivity index (χ3v) is 10.6. The van der Waals surface area contributed by atoms with Crippen LogP contribution in [-0.2, 0) is 26.2 Å². The first kappa shape index (κ1) is 32.5. The minimum absolute atomic E-state index is 0.00750. The lowest BCUT2D eigenvalue weighted by Crippen LogP contribution is -2.47. The number of benzene rings is 1. The van der Waals surface area contributed by atoms with Gasteiger partial charge in [-0.05, 0) is 67.5 Å². The number of thiophene rings is 1. The zero-order valence-electron chi connectivity index (χ0n) is 23.9. The maximum atomic E-state index is 13.3. The minimum atomic E-state index is -3.65. The highest BCUT2D eigenvalue weighted by molar-refractivity contribution is 7.91. The largest absolute Gasteiger partial charge is 0.368 e. The second kappa shape index (κ2) is 14.8. The summed E-state index contributed by atoms with van der Waals surface area (Å²) in [6.07, 6.45) is 6.71. The minimum Gasteiger partial charge on any atom is -0.368 e. The van der Waals surface area contributed by atoms with Gasteiger partial charge in [0.2, 0.25) is 0 Å². The Bertz CT molecular complexity index is 1220. The molecule has 8 nitrogen and oxygen atoms in total. The van der Waals surface area contributed by atoms with Gasteiger partial charge in [-0.15, -0.1) is 16.4 Å². The average Bonchev–Trinajstić information content (AvgIpc) is 3.38. The van der Waals surface area contributed by atoms with E-state index < -0.39 is 10.0 Å². The summed E-state index contributed by atoms with van der Waals surface area (Å²) in [5.74, 6) is -0.601. The highest BCUT2D eigenvalue weighted by Crippen LogP contribution is 2.29. The van der Waals surface area contributed by atoms with Crippen LogP contribution in [0.2, 0.25) is 5.02 Å². The van der Waals surface area contributed by atoms with Crippen LogP contribution in [0.3, 0.4) is 0 Å². The number of nitrogens with zero attached hydrogens (tertiary/aromatic N) is 2. The third kappa shape index (κ3) is 10.1. The Hall–Kier alpha value is -1.98. The van der Waals surface area contributed by atoms with Gasteiger partial charge in [0, 0.05) is 48.1 Å². The summed E-state index contributed by atoms with van der Waals surface area (Å²) in [5.41, 5.74) is 0.830. The zero-order valence-corrected chi connectivity index (χ0v) is 26.3. The van der Waals surface area contributed by atoms with E-state index in [0.29, 0.717) is 48.5 Å². The van der Waals surface area contributed by atoms with Crippen molar-refractivity contribution in [1.29, 1.82) is 0 Å². The molecular weight excluding hydrogens is 570 g/mol. The summed E-state index contributed by atoms with van der Waals surface area (Å²) < 4.78 is 28.4. The van der Waals surface area contributed by atoms with Crippen molar-refractivity contribution in [1.82, 2.24) is 14.7 Å². The van der Waals surface area contributed by atoms with Gasteiger partial charge in [-0.25, -0.2) is 8.42 Å². The Morgan fingerprint density at radius 3 is 2.33 bits per heavy atom. The fraction of sp³-hybridized carbons (Fsp3) is 0.586. The van der Waals surface area contributed by atoms with Gasteiger partial charge in [-0.3, -0.25) is 9.59 Å². The molecule has 2 aromatic rings. The summed E-state index contributed by atoms with van der Waals surface area (Å²) in [6, 6.07) is 9.90. The van der Waals surface area contributed by atoms with E-state index in [1.807, 2.05) is 0 Å². The van der Waals surface area contributed by atoms with Crippen molar-refractivity contribution in [3.8, 4) is 0 Å². The Kier molecular flexibility index (Phi) is 12.0. The summed E-state index contributed by atoms with van der Waals surface area (Å²) >= 11 is 7.04. The number of carbonyl (C=O) groups is 2. The van der Waals surface area contributed by atoms with Gasteiger partial charge in [0.1, 0.15) is 4.21 Å². The molecule has 222 valence electrons. The fourth-order valence-electron chi connectivity index (χ4n) is 4.70. The molecular formula is C29H42ClN3O5S2. The Morgan fingerprint density at radius 1 is 1.05 bits per heavy atom. The van der Waals surface area contributed by atoms with Gasteiger partial charge in [0.15, 0.2) is 0 Å². The van der Waals surface area contributed by atoms with Crippen LogP contribution < -0.4 is 5.32 Å². The molecule has 1 aliphatic heterocycles. The van der Waals surface area contributed by atoms with Gasteiger partial charge in [-0.2, -0.15) is 4.31 Å². The van der Waals surface area contributed by atoms with Gasteiger partial charge in [0.25, 0.3) is 15.9 Å². The van der Waals surface area contributed by atoms with Crippen LogP contribution in [0.4, 0.5) is 0 Å². The summed E-state index contributed by atoms with van der Waals surface area (Å²) in [6.45, 7) is 9.77. The van der Waals surface area contributed by atoms with Crippen molar-refractivity contribution in [3.63, 3.8) is 0 Å². The quantitative estimate of drug-likeness (QED) is 0.212. The molecule has 3 rings (SSSR count). The molecule has 40 heavy (non-hydrogen) atoms. The second-order valence-corrected chi connectivity index (χ2v) is 15.3. The molecule has 1 amide bonds. The molecule has 0 aliphatic carbocycles. The summed E-state index contributed by atoms with van der Waals surface area (Å²) in [4.78, 5) is 30.4. The molecule has 2 heterocycles. The number of piperidine rings is 1. The van der Waals surface area contributed by atoms with Gasteiger partial charge in [0.05, 0.1) is 6.54 Å². The van der Waals surface area contributed by atoms with Crippen molar-refractivity contribution < 1.29 is 22.8 Å². The van der Waals surface area contributed by atoms with Crippen LogP contribution in [0.25, 0.3) is 0 Å². The number of sulfonamides is 1. The van der Waals surface area contributed by atoms with Crippen molar-refractivity contribution in [2.24, 2.45) is 5.41 Å². The van der Waals surface area contributed by atoms with Gasteiger partial charge >= 0.3 is 5.97 Å². The van der Waals surface area contributed by atoms with Crippen molar-refractivity contribution >= 4 is 44.8 Å². The Labute approximate surface area is 248 Å². The second-order valence-electron chi connectivity index (χ2n) is 11.5. The fourth-order valence-corrected chi connectivity index (χ4v) is 7.75. The maximum Gasteiger partial charge on any atom is 0.322 e. The molecule has 0 spiro atoms. The molecule has 1 saturated heterocycles. The first-order valence-corrected chi connectivity index (χ1v) is 16.6. The van der Waals surface area contributed by atoms with Crippen LogP contribution in [0.1, 0.15) is 87.9 Å². The number of hydroxylamine groups is 2. The standard InChI is InChI=1S/C29H42ClN3O5S2/c1-22(34)38-33(18-8-6-5-7-17-29(2,3)4)25-15-19-32(20-16-25)40(36,37)27-14-13-26(39-27)21-31-28(35)23-9-11-24(30)12-10-23/h9-14,25H,5-8,15-21H2,1-4H3,(H,31,35). The number of amides is 1. The van der Waals surface area contributed by atoms with Crippen LogP contribution in [0.15, 0.2) is 40.6 Å². The summed E-state index contributed by atoms with van der Waals surface area (Å²) in [7, 11) is -3.65. The van der Waals surface area contributed by atoms with Crippen molar-refractivity contribution in [2.75, 3.05) is 19.6 Å². The van der Waals surface area contributed by atoms with Gasteiger partial charge in [-0.1, -0.05) is 51.6 Å². The number of halogens is 1. The number of rotatable bonds is 13. The van der Waals surface area contributed by atoms with E-state index in [-0.39, 0.29) is 28.7 Å². The van der Waals surface area contributed by atoms with Gasteiger partial charge < -0.3 is 10.2 Å². The molecule has 0 saturated carbocycles. The highest BCUT2D eigenvalue weighted by atomic mass is 35.5. The molecule has 0 unspecified atom stereocenters. The van der Waals surface area contributed by atoms with E-state index in [4.69, 9.17) is 16.4 Å². The van der Waals surface area contributed by atoms with E-state index in [9.17, 15) is 18.0 Å². The number of nitrogens with one attached hydrogen (secondary N) is 1. The monoisotopic (exact) mass is 611 g/mol. The zero-order chi connectivity index (χ0) is 29.3. The van der Waals surface area contributed by atoms with Crippen LogP contribution in [0, 0.1) is 5.41 Å². The third-order valence-electron chi connectivity index (χ3n) is 6.89. The number of unbranched alkanes of at least 4 members (excludes halogenated alkanes) is 3. The average molecular weight is 612 g/mol. The van der Waals surface area contributed by atoms with Crippen molar-refractivity contribution in [3.05, 3.63) is 51.9 Å². The molecule has 1 aromatic carbocycles. The first-order valence-electron chi connectivity index (χ1n) is 13.9. The molecule has 1 fully saturated rings. The highest BCUT2D eigenvalue weighted by Gasteiger charge is 2.33. The predicted molar refractivity (Wildman–Crippen MR) is 160 cm³/mol. The van der Waals surface area contributed by atoms with Crippen LogP contribution in [0.5, 0.6) is 0 Å². The lowest BCUT2D eigenvalue weighted by Gasteiger charge is -2.36. The van der Waals surface area contributed by atoms with E-state index in [2.05, 4.69) is 26.1 Å². The number of carbonyl (C=O) groups excluding carboxylic acids is 2. The lowest BCUT2D eigenvalue weighted by molar-refractivity contribution is -0.203. The normalized spacial score (nSPS) is 15.3. The number of hydrogen-bond donors (Lipinski definition) is 1. The van der Waals surface area contributed by atoms with E-state index in [1.165, 1.54) is 24.1 Å². The lowest BCUT2D eigenvalue weighted by atomic mass is 9.89. The number of hydrogen-bond acceptors (Lipinski definition) is 7. The Morgan fingerprint density at radius 2 is 1.70 bits per heavy atom. The maximum absolute atomic E-state index is 13.3. The summed E-state index contributed by atoms with van der Waals surface area (Å²) in [5, 5.41) is 5.14. The SMILES string of the molecule is CC(=O)ON(CCCCCCC(C)(C)C)C1CCN(S(=O)(=O)c2ccc(CNC(=O)c3ccc(Cl)cc3)s2)CC1. The smallest absolute Gasteiger partial charge is 0.322 e. The first-order chi connectivity index (χ1) is 18.8. The van der Waals surface area contributed by atoms with E-state index in [0.717, 1.165) is 35.5 Å². The topological polar surface area (TPSA) is 96.0 Å². The molecule has 1 aliphatic rings. The van der Waals surface area contributed by atoms with Crippen molar-refractivity contribution in [2.45, 2.75) is 89.4 Å².